The lowest BCUT2D eigenvalue weighted by Crippen LogP contribution is -2.31. The quantitative estimate of drug-likeness (QED) is 0.798. The average Bonchev–Trinajstić information content (AvgIpc) is 3.26. The normalized spacial score (nSPS) is 17.5. The van der Waals surface area contributed by atoms with E-state index >= 15 is 0 Å². The highest BCUT2D eigenvalue weighted by molar-refractivity contribution is 5.98. The zero-order valence-electron chi connectivity index (χ0n) is 13.4. The molecule has 3 aromatic rings. The van der Waals surface area contributed by atoms with Crippen molar-refractivity contribution in [1.29, 1.82) is 0 Å². The Bertz CT molecular complexity index is 897. The summed E-state index contributed by atoms with van der Waals surface area (Å²) in [5.74, 6) is 0.782. The van der Waals surface area contributed by atoms with E-state index in [2.05, 4.69) is 10.3 Å². The lowest BCUT2D eigenvalue weighted by Gasteiger charge is -2.09. The maximum Gasteiger partial charge on any atom is 0.287 e. The van der Waals surface area contributed by atoms with E-state index in [4.69, 9.17) is 13.9 Å². The molecule has 0 saturated carbocycles. The van der Waals surface area contributed by atoms with Crippen LogP contribution < -0.4 is 10.1 Å². The van der Waals surface area contributed by atoms with Crippen molar-refractivity contribution in [3.8, 4) is 5.75 Å². The van der Waals surface area contributed by atoms with Gasteiger partial charge in [-0.15, -0.1) is 0 Å². The maximum absolute atomic E-state index is 12.3. The number of aromatic nitrogens is 1. The Morgan fingerprint density at radius 2 is 2.25 bits per heavy atom. The number of hydrogen-bond acceptors (Lipinski definition) is 5. The van der Waals surface area contributed by atoms with E-state index in [0.717, 1.165) is 41.5 Å². The first-order valence-corrected chi connectivity index (χ1v) is 8.01. The van der Waals surface area contributed by atoms with Gasteiger partial charge < -0.3 is 19.2 Å². The third-order valence-electron chi connectivity index (χ3n) is 4.25. The second-order valence-electron chi connectivity index (χ2n) is 5.90. The number of carbonyl (C=O) groups excluding carboxylic acids is 1. The molecule has 0 aliphatic carbocycles. The number of amides is 1. The molecule has 0 bridgehead atoms. The van der Waals surface area contributed by atoms with Crippen molar-refractivity contribution in [2.75, 3.05) is 20.3 Å². The molecule has 1 aliphatic rings. The summed E-state index contributed by atoms with van der Waals surface area (Å²) in [6.07, 6.45) is 2.13. The number of hydrogen-bond donors (Lipinski definition) is 1. The molecule has 2 aromatic heterocycles. The number of pyridine rings is 1. The number of furan rings is 1. The van der Waals surface area contributed by atoms with Crippen molar-refractivity contribution < 1.29 is 18.7 Å². The number of benzene rings is 1. The highest BCUT2D eigenvalue weighted by Crippen LogP contribution is 2.25. The molecular weight excluding hydrogens is 308 g/mol. The van der Waals surface area contributed by atoms with Gasteiger partial charge in [0.05, 0.1) is 18.7 Å². The van der Waals surface area contributed by atoms with Crippen molar-refractivity contribution >= 4 is 27.9 Å². The molecule has 0 radical (unpaired) electrons. The van der Waals surface area contributed by atoms with Crippen LogP contribution in [0.15, 0.2) is 34.7 Å². The van der Waals surface area contributed by atoms with Crippen LogP contribution in [0.2, 0.25) is 0 Å². The molecule has 24 heavy (non-hydrogen) atoms. The van der Waals surface area contributed by atoms with E-state index in [1.54, 1.807) is 13.2 Å². The second kappa shape index (κ2) is 6.13. The standard InChI is InChI=1S/C18H18N2O4/c1-22-13-4-5-15-11(8-13)7-12-9-16(24-18(12)20-15)17(21)19-10-14-3-2-6-23-14/h4-5,7-9,14H,2-3,6,10H2,1H3,(H,19,21)/t14-/m0/s1. The van der Waals surface area contributed by atoms with Crippen LogP contribution in [0.4, 0.5) is 0 Å². The lowest BCUT2D eigenvalue weighted by atomic mass is 10.2. The van der Waals surface area contributed by atoms with E-state index < -0.39 is 0 Å². The summed E-state index contributed by atoms with van der Waals surface area (Å²) in [5, 5.41) is 4.58. The summed E-state index contributed by atoms with van der Waals surface area (Å²) in [6, 6.07) is 9.28. The Morgan fingerprint density at radius 1 is 1.33 bits per heavy atom. The first-order chi connectivity index (χ1) is 11.7. The van der Waals surface area contributed by atoms with Crippen molar-refractivity contribution in [1.82, 2.24) is 10.3 Å². The minimum atomic E-state index is -0.245. The van der Waals surface area contributed by atoms with Gasteiger partial charge in [0.15, 0.2) is 5.76 Å². The fourth-order valence-electron chi connectivity index (χ4n) is 2.95. The van der Waals surface area contributed by atoms with E-state index in [1.807, 2.05) is 24.3 Å². The van der Waals surface area contributed by atoms with Crippen molar-refractivity contribution in [2.24, 2.45) is 0 Å². The number of carbonyl (C=O) groups is 1. The zero-order chi connectivity index (χ0) is 16.5. The molecule has 0 unspecified atom stereocenters. The maximum atomic E-state index is 12.3. The number of ether oxygens (including phenoxy) is 2. The van der Waals surface area contributed by atoms with Gasteiger partial charge >= 0.3 is 0 Å². The highest BCUT2D eigenvalue weighted by atomic mass is 16.5. The molecule has 0 spiro atoms. The fraction of sp³-hybridized carbons (Fsp3) is 0.333. The van der Waals surface area contributed by atoms with Gasteiger partial charge in [0.25, 0.3) is 5.91 Å². The smallest absolute Gasteiger partial charge is 0.287 e. The van der Waals surface area contributed by atoms with Crippen LogP contribution in [0.1, 0.15) is 23.4 Å². The van der Waals surface area contributed by atoms with E-state index in [-0.39, 0.29) is 17.8 Å². The Kier molecular flexibility index (Phi) is 3.82. The third-order valence-corrected chi connectivity index (χ3v) is 4.25. The Labute approximate surface area is 138 Å². The summed E-state index contributed by atoms with van der Waals surface area (Å²) in [4.78, 5) is 16.7. The molecule has 1 atom stereocenters. The van der Waals surface area contributed by atoms with Crippen molar-refractivity contribution in [2.45, 2.75) is 18.9 Å². The molecular formula is C18H18N2O4. The molecule has 124 valence electrons. The van der Waals surface area contributed by atoms with Gasteiger partial charge in [0.1, 0.15) is 5.75 Å². The SMILES string of the molecule is COc1ccc2nc3oc(C(=O)NC[C@@H]4CCCO4)cc3cc2c1. The largest absolute Gasteiger partial charge is 0.497 e. The summed E-state index contributed by atoms with van der Waals surface area (Å²) in [6.45, 7) is 1.27. The van der Waals surface area contributed by atoms with Crippen LogP contribution in [0.3, 0.4) is 0 Å². The molecule has 1 amide bonds. The van der Waals surface area contributed by atoms with Crippen molar-refractivity contribution in [3.05, 3.63) is 36.1 Å². The summed E-state index contributed by atoms with van der Waals surface area (Å²) >= 11 is 0. The number of methoxy groups -OCH3 is 1. The second-order valence-corrected chi connectivity index (χ2v) is 5.90. The summed E-state index contributed by atoms with van der Waals surface area (Å²) < 4.78 is 16.3. The van der Waals surface area contributed by atoms with Crippen molar-refractivity contribution in [3.63, 3.8) is 0 Å². The van der Waals surface area contributed by atoms with Crippen LogP contribution in [0.5, 0.6) is 5.75 Å². The molecule has 4 rings (SSSR count). The summed E-state index contributed by atoms with van der Waals surface area (Å²) in [5.41, 5.74) is 1.25. The molecule has 1 aliphatic heterocycles. The van der Waals surface area contributed by atoms with E-state index in [0.29, 0.717) is 12.3 Å². The number of rotatable bonds is 4. The first kappa shape index (κ1) is 15.0. The van der Waals surface area contributed by atoms with E-state index in [9.17, 15) is 4.79 Å². The van der Waals surface area contributed by atoms with Crippen LogP contribution in [0.25, 0.3) is 22.0 Å². The van der Waals surface area contributed by atoms with E-state index in [1.165, 1.54) is 0 Å². The molecule has 1 N–H and O–H groups in total. The van der Waals surface area contributed by atoms with Crippen LogP contribution in [-0.2, 0) is 4.74 Å². The predicted octanol–water partition coefficient (Wildman–Crippen LogP) is 2.90. The fourth-order valence-corrected chi connectivity index (χ4v) is 2.95. The molecule has 1 saturated heterocycles. The van der Waals surface area contributed by atoms with Gasteiger partial charge in [-0.2, -0.15) is 0 Å². The van der Waals surface area contributed by atoms with Gasteiger partial charge in [0, 0.05) is 23.9 Å². The average molecular weight is 326 g/mol. The Balaban J connectivity index is 1.59. The number of nitrogens with zero attached hydrogens (tertiary/aromatic N) is 1. The van der Waals surface area contributed by atoms with Gasteiger partial charge in [0.2, 0.25) is 5.71 Å². The third kappa shape index (κ3) is 2.80. The van der Waals surface area contributed by atoms with Crippen LogP contribution in [0, 0.1) is 0 Å². The molecule has 6 heteroatoms. The molecule has 1 aromatic carbocycles. The molecule has 1 fully saturated rings. The molecule has 6 nitrogen and oxygen atoms in total. The van der Waals surface area contributed by atoms with Gasteiger partial charge in [-0.1, -0.05) is 0 Å². The lowest BCUT2D eigenvalue weighted by molar-refractivity contribution is 0.0836. The first-order valence-electron chi connectivity index (χ1n) is 8.01. The minimum Gasteiger partial charge on any atom is -0.497 e. The minimum absolute atomic E-state index is 0.103. The monoisotopic (exact) mass is 326 g/mol. The highest BCUT2D eigenvalue weighted by Gasteiger charge is 2.19. The van der Waals surface area contributed by atoms with Gasteiger partial charge in [-0.05, 0) is 43.2 Å². The zero-order valence-corrected chi connectivity index (χ0v) is 13.4. The number of fused-ring (bicyclic) bond motifs is 2. The van der Waals surface area contributed by atoms with Crippen LogP contribution in [-0.4, -0.2) is 37.3 Å². The van der Waals surface area contributed by atoms with Gasteiger partial charge in [-0.25, -0.2) is 4.98 Å². The van der Waals surface area contributed by atoms with Gasteiger partial charge in [-0.3, -0.25) is 4.79 Å². The molecule has 3 heterocycles. The number of nitrogens with one attached hydrogen (secondary N) is 1. The topological polar surface area (TPSA) is 73.6 Å². The Hall–Kier alpha value is -2.60. The van der Waals surface area contributed by atoms with Crippen LogP contribution >= 0.6 is 0 Å². The summed E-state index contributed by atoms with van der Waals surface area (Å²) in [7, 11) is 1.63. The predicted molar refractivity (Wildman–Crippen MR) is 89.4 cm³/mol. The Morgan fingerprint density at radius 3 is 3.04 bits per heavy atom.